The Labute approximate surface area is 102 Å². The zero-order valence-corrected chi connectivity index (χ0v) is 9.59. The van der Waals surface area contributed by atoms with Gasteiger partial charge in [-0.3, -0.25) is 4.57 Å². The van der Waals surface area contributed by atoms with Gasteiger partial charge in [-0.15, -0.1) is 0 Å². The van der Waals surface area contributed by atoms with Crippen molar-refractivity contribution >= 4 is 5.95 Å². The highest BCUT2D eigenvalue weighted by Gasteiger charge is 2.43. The summed E-state index contributed by atoms with van der Waals surface area (Å²) in [5, 5.41) is 30.9. The van der Waals surface area contributed by atoms with E-state index in [1.807, 2.05) is 0 Å². The minimum absolute atomic E-state index is 0.142. The SMILES string of the molecule is CNc1ncn([C@@H]2O[C@H](CO)[C@@H](O)[C@H]2O)c(=O)n1. The molecule has 100 valence electrons. The highest BCUT2D eigenvalue weighted by Crippen LogP contribution is 2.27. The fourth-order valence-corrected chi connectivity index (χ4v) is 1.75. The fourth-order valence-electron chi connectivity index (χ4n) is 1.75. The Kier molecular flexibility index (Phi) is 3.57. The van der Waals surface area contributed by atoms with Crippen LogP contribution in [0.5, 0.6) is 0 Å². The van der Waals surface area contributed by atoms with E-state index in [-0.39, 0.29) is 5.95 Å². The lowest BCUT2D eigenvalue weighted by Crippen LogP contribution is -2.36. The number of hydrogen-bond acceptors (Lipinski definition) is 8. The van der Waals surface area contributed by atoms with Gasteiger partial charge in [-0.25, -0.2) is 9.78 Å². The Balaban J connectivity index is 2.30. The van der Waals surface area contributed by atoms with Crippen LogP contribution in [-0.2, 0) is 4.74 Å². The average Bonchev–Trinajstić information content (AvgIpc) is 2.66. The fraction of sp³-hybridized carbons (Fsp3) is 0.667. The number of nitrogens with zero attached hydrogens (tertiary/aromatic N) is 3. The summed E-state index contributed by atoms with van der Waals surface area (Å²) in [6.07, 6.45) is -3.50. The van der Waals surface area contributed by atoms with Crippen LogP contribution >= 0.6 is 0 Å². The first-order chi connectivity index (χ1) is 8.58. The molecule has 1 aliphatic heterocycles. The summed E-state index contributed by atoms with van der Waals surface area (Å²) < 4.78 is 6.15. The first kappa shape index (κ1) is 12.9. The predicted octanol–water partition coefficient (Wildman–Crippen LogP) is -2.71. The Morgan fingerprint density at radius 2 is 2.22 bits per heavy atom. The minimum atomic E-state index is -1.33. The van der Waals surface area contributed by atoms with Crippen LogP contribution < -0.4 is 11.0 Å². The molecule has 0 bridgehead atoms. The van der Waals surface area contributed by atoms with Crippen molar-refractivity contribution in [3.05, 3.63) is 16.8 Å². The third-order valence-electron chi connectivity index (χ3n) is 2.74. The Bertz CT molecular complexity index is 478. The summed E-state index contributed by atoms with van der Waals surface area (Å²) in [5.74, 6) is 0.142. The predicted molar refractivity (Wildman–Crippen MR) is 58.8 cm³/mol. The standard InChI is InChI=1S/C9H14N4O5/c1-10-8-11-3-13(9(17)12-8)7-6(16)5(15)4(2-14)18-7/h3-7,14-16H,2H2,1H3,(H,10,12,17)/t4-,5-,6-,7-/m1/s1. The van der Waals surface area contributed by atoms with Crippen molar-refractivity contribution < 1.29 is 20.1 Å². The molecule has 1 saturated heterocycles. The maximum atomic E-state index is 11.7. The molecule has 9 heteroatoms. The van der Waals surface area contributed by atoms with Gasteiger partial charge in [-0.2, -0.15) is 4.98 Å². The molecule has 9 nitrogen and oxygen atoms in total. The van der Waals surface area contributed by atoms with Crippen LogP contribution in [0, 0.1) is 0 Å². The molecule has 0 amide bonds. The molecule has 2 heterocycles. The molecule has 0 aliphatic carbocycles. The van der Waals surface area contributed by atoms with Gasteiger partial charge in [-0.1, -0.05) is 0 Å². The van der Waals surface area contributed by atoms with Gasteiger partial charge in [0.1, 0.15) is 24.6 Å². The van der Waals surface area contributed by atoms with Gasteiger partial charge in [0.15, 0.2) is 6.23 Å². The molecule has 4 N–H and O–H groups in total. The lowest BCUT2D eigenvalue weighted by molar-refractivity contribution is -0.0554. The molecule has 18 heavy (non-hydrogen) atoms. The van der Waals surface area contributed by atoms with Crippen molar-refractivity contribution in [2.45, 2.75) is 24.5 Å². The molecule has 0 saturated carbocycles. The normalized spacial score (nSPS) is 31.6. The van der Waals surface area contributed by atoms with Crippen LogP contribution in [0.25, 0.3) is 0 Å². The molecule has 4 atom stereocenters. The van der Waals surface area contributed by atoms with Gasteiger partial charge in [-0.05, 0) is 0 Å². The lowest BCUT2D eigenvalue weighted by Gasteiger charge is -2.16. The quantitative estimate of drug-likeness (QED) is 0.460. The van der Waals surface area contributed by atoms with E-state index in [0.29, 0.717) is 0 Å². The van der Waals surface area contributed by atoms with Gasteiger partial charge in [0.05, 0.1) is 6.61 Å². The topological polar surface area (TPSA) is 130 Å². The van der Waals surface area contributed by atoms with E-state index in [1.54, 1.807) is 7.05 Å². The van der Waals surface area contributed by atoms with Gasteiger partial charge < -0.3 is 25.4 Å². The molecule has 0 aromatic carbocycles. The number of rotatable bonds is 3. The van der Waals surface area contributed by atoms with Crippen molar-refractivity contribution in [1.82, 2.24) is 14.5 Å². The third kappa shape index (κ3) is 2.08. The van der Waals surface area contributed by atoms with Crippen LogP contribution in [0.1, 0.15) is 6.23 Å². The largest absolute Gasteiger partial charge is 0.394 e. The summed E-state index contributed by atoms with van der Waals surface area (Å²) >= 11 is 0. The number of aromatic nitrogens is 3. The van der Waals surface area contributed by atoms with Crippen LogP contribution in [0.2, 0.25) is 0 Å². The molecule has 1 aromatic heterocycles. The zero-order chi connectivity index (χ0) is 13.3. The van der Waals surface area contributed by atoms with E-state index in [1.165, 1.54) is 0 Å². The van der Waals surface area contributed by atoms with Crippen LogP contribution in [0.3, 0.4) is 0 Å². The molecule has 0 spiro atoms. The first-order valence-corrected chi connectivity index (χ1v) is 5.34. The van der Waals surface area contributed by atoms with Gasteiger partial charge in [0, 0.05) is 7.05 Å². The molecular weight excluding hydrogens is 244 g/mol. The Morgan fingerprint density at radius 3 is 2.72 bits per heavy atom. The van der Waals surface area contributed by atoms with E-state index < -0.39 is 36.8 Å². The molecule has 1 aromatic rings. The number of anilines is 1. The van der Waals surface area contributed by atoms with Crippen molar-refractivity contribution in [3.63, 3.8) is 0 Å². The van der Waals surface area contributed by atoms with E-state index >= 15 is 0 Å². The molecule has 1 fully saturated rings. The number of aliphatic hydroxyl groups is 3. The molecule has 0 unspecified atom stereocenters. The van der Waals surface area contributed by atoms with Crippen LogP contribution in [0.15, 0.2) is 11.1 Å². The maximum absolute atomic E-state index is 11.7. The lowest BCUT2D eigenvalue weighted by atomic mass is 10.1. The van der Waals surface area contributed by atoms with Crippen molar-refractivity contribution in [2.24, 2.45) is 0 Å². The summed E-state index contributed by atoms with van der Waals surface area (Å²) in [7, 11) is 1.56. The van der Waals surface area contributed by atoms with E-state index in [4.69, 9.17) is 9.84 Å². The van der Waals surface area contributed by atoms with Crippen LogP contribution in [-0.4, -0.2) is 61.8 Å². The van der Waals surface area contributed by atoms with Gasteiger partial charge in [0.25, 0.3) is 0 Å². The average molecular weight is 258 g/mol. The number of hydrogen-bond donors (Lipinski definition) is 4. The van der Waals surface area contributed by atoms with Crippen molar-refractivity contribution in [2.75, 3.05) is 19.0 Å². The minimum Gasteiger partial charge on any atom is -0.394 e. The molecule has 1 aliphatic rings. The molecule has 2 rings (SSSR count). The molecular formula is C9H14N4O5. The summed E-state index contributed by atoms with van der Waals surface area (Å²) in [6, 6.07) is 0. The molecule has 0 radical (unpaired) electrons. The summed E-state index contributed by atoms with van der Waals surface area (Å²) in [4.78, 5) is 19.1. The summed E-state index contributed by atoms with van der Waals surface area (Å²) in [5.41, 5.74) is -0.677. The van der Waals surface area contributed by atoms with E-state index in [0.717, 1.165) is 10.9 Å². The zero-order valence-electron chi connectivity index (χ0n) is 9.59. The third-order valence-corrected chi connectivity index (χ3v) is 2.74. The Hall–Kier alpha value is -1.55. The van der Waals surface area contributed by atoms with Crippen molar-refractivity contribution in [3.8, 4) is 0 Å². The van der Waals surface area contributed by atoms with E-state index in [2.05, 4.69) is 15.3 Å². The monoisotopic (exact) mass is 258 g/mol. The smallest absolute Gasteiger partial charge is 0.354 e. The van der Waals surface area contributed by atoms with Gasteiger partial charge >= 0.3 is 5.69 Å². The number of ether oxygens (including phenoxy) is 1. The summed E-state index contributed by atoms with van der Waals surface area (Å²) in [6.45, 7) is -0.459. The van der Waals surface area contributed by atoms with Crippen LogP contribution in [0.4, 0.5) is 5.95 Å². The van der Waals surface area contributed by atoms with E-state index in [9.17, 15) is 15.0 Å². The second kappa shape index (κ2) is 4.98. The number of nitrogens with one attached hydrogen (secondary N) is 1. The second-order valence-corrected chi connectivity index (χ2v) is 3.85. The highest BCUT2D eigenvalue weighted by molar-refractivity contribution is 5.18. The van der Waals surface area contributed by atoms with Gasteiger partial charge in [0.2, 0.25) is 5.95 Å². The Morgan fingerprint density at radius 1 is 1.50 bits per heavy atom. The first-order valence-electron chi connectivity index (χ1n) is 5.34. The second-order valence-electron chi connectivity index (χ2n) is 3.85. The highest BCUT2D eigenvalue weighted by atomic mass is 16.6. The van der Waals surface area contributed by atoms with Crippen molar-refractivity contribution in [1.29, 1.82) is 0 Å². The maximum Gasteiger partial charge on any atom is 0.354 e. The number of aliphatic hydroxyl groups excluding tert-OH is 3.